The normalized spacial score (nSPS) is 20.3. The van der Waals surface area contributed by atoms with E-state index >= 15 is 0 Å². The number of unbranched alkanes of at least 4 members (excludes halogenated alkanes) is 1. The fraction of sp³-hybridized carbons (Fsp3) is 0.548. The molecule has 26 heteroatoms. The van der Waals surface area contributed by atoms with E-state index in [0.29, 0.717) is 73.5 Å². The van der Waals surface area contributed by atoms with Gasteiger partial charge in [0.15, 0.2) is 0 Å². The van der Waals surface area contributed by atoms with E-state index in [0.717, 1.165) is 72.6 Å². The molecular formula is C62H86N12O12S2. The van der Waals surface area contributed by atoms with Crippen molar-refractivity contribution in [3.05, 3.63) is 117 Å². The van der Waals surface area contributed by atoms with Gasteiger partial charge in [0, 0.05) is 90.6 Å². The van der Waals surface area contributed by atoms with Crippen LogP contribution in [0, 0.1) is 36.5 Å². The number of fused-ring (bicyclic) bond motifs is 2. The highest BCUT2D eigenvalue weighted by atomic mass is 32.2. The van der Waals surface area contributed by atoms with Crippen LogP contribution in [0.25, 0.3) is 0 Å². The molecule has 88 heavy (non-hydrogen) atoms. The van der Waals surface area contributed by atoms with Crippen molar-refractivity contribution in [1.29, 1.82) is 10.5 Å². The van der Waals surface area contributed by atoms with Gasteiger partial charge in [-0.1, -0.05) is 12.1 Å². The Morgan fingerprint density at radius 2 is 0.898 bits per heavy atom. The Morgan fingerprint density at radius 3 is 1.26 bits per heavy atom. The SMILES string of the molecule is Cc1cc(C#N)c2c(c1)[C@H](Oc1ccc(S(=O)(=O)NCCOCCOCCNC(=O)NCCCCNC(=O)NCCOCCOCCNS(=O)(=O)c3ccc(O[C@H]4c5cc(C)cc(C#N)c5C[C@@H]4N4CCN[C@H](C)C4)cc3)cc1)[C@@H](N1CCN[C@H](C)C1)C2. The van der Waals surface area contributed by atoms with Gasteiger partial charge in [-0.05, 0) is 147 Å². The predicted molar refractivity (Wildman–Crippen MR) is 330 cm³/mol. The zero-order valence-corrected chi connectivity index (χ0v) is 52.5. The van der Waals surface area contributed by atoms with Crippen LogP contribution in [-0.2, 0) is 51.8 Å². The molecule has 0 unspecified atom stereocenters. The van der Waals surface area contributed by atoms with Crippen LogP contribution in [0.15, 0.2) is 82.6 Å². The number of amides is 4. The van der Waals surface area contributed by atoms with Crippen LogP contribution in [0.1, 0.15) is 83.4 Å². The van der Waals surface area contributed by atoms with Crippen LogP contribution in [0.4, 0.5) is 9.59 Å². The van der Waals surface area contributed by atoms with Gasteiger partial charge in [-0.3, -0.25) is 9.80 Å². The van der Waals surface area contributed by atoms with E-state index in [1.165, 1.54) is 24.3 Å². The summed E-state index contributed by atoms with van der Waals surface area (Å²) in [5.74, 6) is 1.08. The van der Waals surface area contributed by atoms with Crippen molar-refractivity contribution >= 4 is 32.1 Å². The van der Waals surface area contributed by atoms with Gasteiger partial charge < -0.3 is 60.3 Å². The molecular weight excluding hydrogens is 1170 g/mol. The number of rotatable bonds is 33. The minimum absolute atomic E-state index is 0.0380. The van der Waals surface area contributed by atoms with Gasteiger partial charge in [0.25, 0.3) is 0 Å². The third kappa shape index (κ3) is 19.5. The smallest absolute Gasteiger partial charge is 0.314 e. The van der Waals surface area contributed by atoms with E-state index in [-0.39, 0.29) is 125 Å². The van der Waals surface area contributed by atoms with Crippen LogP contribution < -0.4 is 50.8 Å². The molecule has 2 saturated heterocycles. The number of ether oxygens (including phenoxy) is 6. The maximum Gasteiger partial charge on any atom is 0.314 e. The summed E-state index contributed by atoms with van der Waals surface area (Å²) in [6, 6.07) is 25.6. The molecule has 0 aromatic heterocycles. The molecule has 4 aliphatic rings. The third-order valence-electron chi connectivity index (χ3n) is 15.8. The van der Waals surface area contributed by atoms with Crippen molar-refractivity contribution in [1.82, 2.24) is 51.1 Å². The molecule has 0 spiro atoms. The summed E-state index contributed by atoms with van der Waals surface area (Å²) < 4.78 is 92.8. The zero-order valence-electron chi connectivity index (χ0n) is 50.9. The van der Waals surface area contributed by atoms with Gasteiger partial charge in [-0.2, -0.15) is 10.5 Å². The van der Waals surface area contributed by atoms with E-state index in [4.69, 9.17) is 28.4 Å². The van der Waals surface area contributed by atoms with Crippen molar-refractivity contribution in [2.75, 3.05) is 131 Å². The van der Waals surface area contributed by atoms with E-state index in [1.54, 1.807) is 24.3 Å². The number of aryl methyl sites for hydroxylation is 2. The summed E-state index contributed by atoms with van der Waals surface area (Å²) in [6.45, 7) is 16.7. The second-order valence-electron chi connectivity index (χ2n) is 22.6. The summed E-state index contributed by atoms with van der Waals surface area (Å²) >= 11 is 0. The Bertz CT molecular complexity index is 3040. The van der Waals surface area contributed by atoms with Crippen molar-refractivity contribution < 1.29 is 54.8 Å². The minimum Gasteiger partial charge on any atom is -0.484 e. The van der Waals surface area contributed by atoms with E-state index < -0.39 is 20.0 Å². The molecule has 478 valence electrons. The summed E-state index contributed by atoms with van der Waals surface area (Å²) in [5.41, 5.74) is 7.35. The number of piperazine rings is 2. The van der Waals surface area contributed by atoms with Crippen LogP contribution in [0.2, 0.25) is 0 Å². The number of hydrogen-bond donors (Lipinski definition) is 8. The number of nitriles is 2. The largest absolute Gasteiger partial charge is 0.484 e. The lowest BCUT2D eigenvalue weighted by Gasteiger charge is -2.38. The first-order valence-corrected chi connectivity index (χ1v) is 33.4. The predicted octanol–water partition coefficient (Wildman–Crippen LogP) is 3.43. The fourth-order valence-corrected chi connectivity index (χ4v) is 13.6. The molecule has 8 N–H and O–H groups in total. The molecule has 4 aromatic rings. The number of hydrogen-bond acceptors (Lipinski definition) is 18. The average molecular weight is 1260 g/mol. The van der Waals surface area contributed by atoms with Gasteiger partial charge in [-0.15, -0.1) is 0 Å². The average Bonchev–Trinajstić information content (AvgIpc) is 2.11. The standard InChI is InChI=1S/C62H86N12O12S2/c1-43-33-47(39-63)53-37-57(73-23-17-65-45(3)41-73)59(55(53)35-43)85-49-7-11-51(12-8-49)87(77,78)71-21-27-83-31-29-81-25-19-69-61(75)67-15-5-6-16-68-62(76)70-20-26-82-30-32-84-28-22-72-88(79,80)52-13-9-50(10-14-52)86-60-56-36-44(2)34-48(40-64)54(56)38-58(60)74-24-18-66-46(4)42-74/h7-14,33-36,45-46,57-60,65-66,71-72H,5-6,15-32,37-38,41-42H2,1-4H3,(H2,67,69,75)(H2,68,70,76)/t45-,46-,57+,58+,59+,60+/m1/s1. The highest BCUT2D eigenvalue weighted by Crippen LogP contribution is 2.42. The van der Waals surface area contributed by atoms with Crippen LogP contribution in [0.5, 0.6) is 11.5 Å². The Kier molecular flexibility index (Phi) is 25.6. The Hall–Kier alpha value is -6.50. The first-order valence-electron chi connectivity index (χ1n) is 30.4. The number of carbonyl (C=O) groups is 2. The topological polar surface area (TPSA) is 308 Å². The zero-order chi connectivity index (χ0) is 62.5. The first-order chi connectivity index (χ1) is 42.5. The summed E-state index contributed by atoms with van der Waals surface area (Å²) in [7, 11) is -7.62. The third-order valence-corrected chi connectivity index (χ3v) is 18.8. The number of carbonyl (C=O) groups excluding carboxylic acids is 2. The molecule has 2 aliphatic heterocycles. The number of sulfonamides is 2. The molecule has 2 fully saturated rings. The molecule has 24 nitrogen and oxygen atoms in total. The van der Waals surface area contributed by atoms with Crippen LogP contribution >= 0.6 is 0 Å². The summed E-state index contributed by atoms with van der Waals surface area (Å²) in [5, 5.41) is 37.8. The summed E-state index contributed by atoms with van der Waals surface area (Å²) in [4.78, 5) is 29.4. The highest BCUT2D eigenvalue weighted by Gasteiger charge is 2.42. The quantitative estimate of drug-likeness (QED) is 0.0317. The molecule has 4 aromatic carbocycles. The maximum absolute atomic E-state index is 13.1. The molecule has 2 aliphatic carbocycles. The van der Waals surface area contributed by atoms with Crippen LogP contribution in [0.3, 0.4) is 0 Å². The molecule has 0 saturated carbocycles. The van der Waals surface area contributed by atoms with Crippen molar-refractivity contribution in [2.24, 2.45) is 0 Å². The van der Waals surface area contributed by atoms with Crippen molar-refractivity contribution in [3.8, 4) is 23.6 Å². The number of benzene rings is 4. The van der Waals surface area contributed by atoms with Crippen molar-refractivity contribution in [2.45, 2.75) is 99.5 Å². The number of urea groups is 2. The van der Waals surface area contributed by atoms with Gasteiger partial charge >= 0.3 is 12.1 Å². The first kappa shape index (κ1) is 67.4. The molecule has 0 bridgehead atoms. The second-order valence-corrected chi connectivity index (χ2v) is 26.1. The maximum atomic E-state index is 13.1. The lowest BCUT2D eigenvalue weighted by Crippen LogP contribution is -2.54. The molecule has 4 amide bonds. The van der Waals surface area contributed by atoms with Gasteiger partial charge in [-0.25, -0.2) is 35.9 Å². The lowest BCUT2D eigenvalue weighted by molar-refractivity contribution is 0.0516. The van der Waals surface area contributed by atoms with Gasteiger partial charge in [0.1, 0.15) is 23.7 Å². The summed E-state index contributed by atoms with van der Waals surface area (Å²) in [6.07, 6.45) is 2.07. The Balaban J connectivity index is 0.586. The number of nitrogens with zero attached hydrogens (tertiary/aromatic N) is 4. The van der Waals surface area contributed by atoms with Crippen molar-refractivity contribution in [3.63, 3.8) is 0 Å². The Morgan fingerprint density at radius 1 is 0.534 bits per heavy atom. The van der Waals surface area contributed by atoms with Gasteiger partial charge in [0.05, 0.1) is 98.0 Å². The van der Waals surface area contributed by atoms with E-state index in [2.05, 4.69) is 89.3 Å². The molecule has 0 radical (unpaired) electrons. The van der Waals surface area contributed by atoms with E-state index in [9.17, 15) is 36.9 Å². The van der Waals surface area contributed by atoms with E-state index in [1.807, 2.05) is 26.0 Å². The lowest BCUT2D eigenvalue weighted by atomic mass is 10.0. The van der Waals surface area contributed by atoms with Crippen LogP contribution in [-0.4, -0.2) is 194 Å². The molecule has 6 atom stereocenters. The monoisotopic (exact) mass is 1250 g/mol. The molecule has 2 heterocycles. The number of nitrogens with one attached hydrogen (secondary N) is 8. The highest BCUT2D eigenvalue weighted by molar-refractivity contribution is 7.89. The molecule has 8 rings (SSSR count). The second kappa shape index (κ2) is 33.4. The van der Waals surface area contributed by atoms with Gasteiger partial charge in [0.2, 0.25) is 20.0 Å². The Labute approximate surface area is 518 Å². The minimum atomic E-state index is -3.81. The fourth-order valence-electron chi connectivity index (χ4n) is 11.6.